The molecule has 6 heteroatoms. The van der Waals surface area contributed by atoms with Crippen LogP contribution in [0.5, 0.6) is 0 Å². The molecule has 0 bridgehead atoms. The molecule has 0 amide bonds. The van der Waals surface area contributed by atoms with Crippen LogP contribution in [-0.4, -0.2) is 35.9 Å². The van der Waals surface area contributed by atoms with Gasteiger partial charge in [0.2, 0.25) is 0 Å². The number of carboxylic acids is 2. The third-order valence-electron chi connectivity index (χ3n) is 5.94. The molecule has 3 rings (SSSR count). The van der Waals surface area contributed by atoms with Gasteiger partial charge in [-0.3, -0.25) is 9.79 Å². The highest BCUT2D eigenvalue weighted by molar-refractivity contribution is 6.76. The number of benzene rings is 2. The van der Waals surface area contributed by atoms with Gasteiger partial charge in [0.15, 0.2) is 0 Å². The number of hydrogen-bond donors (Lipinski definition) is 2. The summed E-state index contributed by atoms with van der Waals surface area (Å²) in [6, 6.07) is 19.1. The minimum atomic E-state index is -1.68. The molecule has 0 spiro atoms. The van der Waals surface area contributed by atoms with Gasteiger partial charge in [0.25, 0.3) is 0 Å². The zero-order chi connectivity index (χ0) is 24.2. The van der Waals surface area contributed by atoms with Gasteiger partial charge in [-0.05, 0) is 31.0 Å². The summed E-state index contributed by atoms with van der Waals surface area (Å²) in [4.78, 5) is 30.1. The lowest BCUT2D eigenvalue weighted by atomic mass is 9.63. The lowest BCUT2D eigenvalue weighted by Crippen LogP contribution is -2.50. The Morgan fingerprint density at radius 1 is 1.00 bits per heavy atom. The number of aliphatic carboxylic acids is 2. The molecule has 1 aliphatic heterocycles. The summed E-state index contributed by atoms with van der Waals surface area (Å²) in [6.07, 6.45) is 0.268. The Hall–Kier alpha value is -3.43. The van der Waals surface area contributed by atoms with Gasteiger partial charge in [0.1, 0.15) is 5.41 Å². The van der Waals surface area contributed by atoms with E-state index in [1.807, 2.05) is 60.7 Å². The molecule has 1 heterocycles. The molecule has 2 aromatic carbocycles. The van der Waals surface area contributed by atoms with Crippen LogP contribution in [0, 0.1) is 23.2 Å². The molecule has 2 atom stereocenters. The van der Waals surface area contributed by atoms with Crippen molar-refractivity contribution in [3.63, 3.8) is 0 Å². The van der Waals surface area contributed by atoms with Crippen molar-refractivity contribution in [2.24, 2.45) is 16.3 Å². The minimum Gasteiger partial charge on any atom is -0.480 e. The van der Waals surface area contributed by atoms with Gasteiger partial charge in [-0.25, -0.2) is 4.79 Å². The summed E-state index contributed by atoms with van der Waals surface area (Å²) in [5.74, 6) is 2.79. The van der Waals surface area contributed by atoms with Gasteiger partial charge in [0.05, 0.1) is 17.2 Å². The Kier molecular flexibility index (Phi) is 7.04. The van der Waals surface area contributed by atoms with Crippen molar-refractivity contribution in [2.75, 3.05) is 0 Å². The monoisotopic (exact) mass is 459 g/mol. The van der Waals surface area contributed by atoms with E-state index in [0.717, 1.165) is 0 Å². The first-order valence-electron chi connectivity index (χ1n) is 10.9. The second kappa shape index (κ2) is 9.59. The molecule has 0 saturated heterocycles. The summed E-state index contributed by atoms with van der Waals surface area (Å²) in [5.41, 5.74) is 0.425. The van der Waals surface area contributed by atoms with Gasteiger partial charge in [-0.15, -0.1) is 0 Å². The molecule has 0 aromatic heterocycles. The summed E-state index contributed by atoms with van der Waals surface area (Å²) >= 11 is 0. The minimum absolute atomic E-state index is 0.0453. The summed E-state index contributed by atoms with van der Waals surface area (Å²) in [5, 5.41) is 20.8. The summed E-state index contributed by atoms with van der Waals surface area (Å²) in [6.45, 7) is 8.14. The topological polar surface area (TPSA) is 87.0 Å². The third kappa shape index (κ3) is 5.15. The molecule has 170 valence electrons. The van der Waals surface area contributed by atoms with Gasteiger partial charge in [-0.1, -0.05) is 86.1 Å². The highest BCUT2D eigenvalue weighted by Gasteiger charge is 2.55. The second-order valence-corrected chi connectivity index (χ2v) is 15.2. The van der Waals surface area contributed by atoms with E-state index in [1.165, 1.54) is 0 Å². The fourth-order valence-corrected chi connectivity index (χ4v) is 5.30. The van der Waals surface area contributed by atoms with Crippen LogP contribution in [0.15, 0.2) is 76.9 Å². The van der Waals surface area contributed by atoms with E-state index in [2.05, 4.69) is 36.5 Å². The highest BCUT2D eigenvalue weighted by atomic mass is 28.3. The molecular formula is C27H29NO4Si. The van der Waals surface area contributed by atoms with Crippen LogP contribution in [-0.2, 0) is 9.59 Å². The van der Waals surface area contributed by atoms with Crippen LogP contribution >= 0.6 is 0 Å². The Morgan fingerprint density at radius 2 is 1.58 bits per heavy atom. The number of nitrogens with zero attached hydrogens (tertiary/aromatic N) is 1. The number of hydrogen-bond acceptors (Lipinski definition) is 3. The van der Waals surface area contributed by atoms with Crippen molar-refractivity contribution in [2.45, 2.75) is 39.0 Å². The summed E-state index contributed by atoms with van der Waals surface area (Å²) in [7, 11) is -1.68. The molecule has 2 N–H and O–H groups in total. The van der Waals surface area contributed by atoms with Crippen LogP contribution in [0.1, 0.15) is 24.5 Å². The second-order valence-electron chi connectivity index (χ2n) is 9.54. The molecule has 5 nitrogen and oxygen atoms in total. The molecule has 2 unspecified atom stereocenters. The van der Waals surface area contributed by atoms with Crippen LogP contribution in [0.25, 0.3) is 0 Å². The number of rotatable bonds is 6. The normalized spacial score (nSPS) is 20.5. The fourth-order valence-electron chi connectivity index (χ4n) is 4.16. The van der Waals surface area contributed by atoms with Gasteiger partial charge in [0, 0.05) is 19.3 Å². The van der Waals surface area contributed by atoms with Crippen LogP contribution < -0.4 is 0 Å². The molecule has 0 fully saturated rings. The molecule has 1 aliphatic rings. The first kappa shape index (κ1) is 24.2. The van der Waals surface area contributed by atoms with Gasteiger partial charge < -0.3 is 10.2 Å². The molecule has 0 radical (unpaired) electrons. The standard InChI is InChI=1S/C27H29NO4Si/c1-19-23(25(29)30)22(16-15-20-11-7-5-8-12-20)27(26(31)32,17-18-33(2,3)4)24(28-19)21-13-9-6-10-14-21/h5-14,22H,17-18H2,1-4H3,(H,29,30)(H,31,32). The van der Waals surface area contributed by atoms with E-state index < -0.39 is 31.3 Å². The lowest BCUT2D eigenvalue weighted by molar-refractivity contribution is -0.146. The average molecular weight is 460 g/mol. The molecule has 2 aromatic rings. The first-order chi connectivity index (χ1) is 15.6. The zero-order valence-corrected chi connectivity index (χ0v) is 20.4. The Morgan fingerprint density at radius 3 is 2.09 bits per heavy atom. The fraction of sp³-hybridized carbons (Fsp3) is 0.296. The molecule has 0 saturated carbocycles. The van der Waals surface area contributed by atoms with Crippen molar-refractivity contribution >= 4 is 25.7 Å². The van der Waals surface area contributed by atoms with Crippen molar-refractivity contribution < 1.29 is 19.8 Å². The van der Waals surface area contributed by atoms with E-state index in [4.69, 9.17) is 0 Å². The van der Waals surface area contributed by atoms with E-state index in [-0.39, 0.29) is 12.0 Å². The van der Waals surface area contributed by atoms with E-state index in [1.54, 1.807) is 6.92 Å². The van der Waals surface area contributed by atoms with Gasteiger partial charge in [-0.2, -0.15) is 0 Å². The van der Waals surface area contributed by atoms with E-state index in [0.29, 0.717) is 28.6 Å². The van der Waals surface area contributed by atoms with Gasteiger partial charge >= 0.3 is 11.9 Å². The molecule has 0 aliphatic carbocycles. The predicted octanol–water partition coefficient (Wildman–Crippen LogP) is 5.32. The van der Waals surface area contributed by atoms with Crippen molar-refractivity contribution in [1.82, 2.24) is 0 Å². The van der Waals surface area contributed by atoms with Crippen LogP contribution in [0.3, 0.4) is 0 Å². The van der Waals surface area contributed by atoms with Crippen molar-refractivity contribution in [1.29, 1.82) is 0 Å². The third-order valence-corrected chi connectivity index (χ3v) is 7.69. The number of aliphatic imine (C=N–C) groups is 1. The Labute approximate surface area is 195 Å². The number of carbonyl (C=O) groups is 2. The predicted molar refractivity (Wildman–Crippen MR) is 133 cm³/mol. The Bertz CT molecular complexity index is 1170. The smallest absolute Gasteiger partial charge is 0.334 e. The lowest BCUT2D eigenvalue weighted by Gasteiger charge is -2.40. The Balaban J connectivity index is 2.32. The van der Waals surface area contributed by atoms with E-state index >= 15 is 0 Å². The largest absolute Gasteiger partial charge is 0.480 e. The van der Waals surface area contributed by atoms with Crippen molar-refractivity contribution in [3.8, 4) is 11.8 Å². The SMILES string of the molecule is CC1=C(C(=O)O)C(C#Cc2ccccc2)C(CC[Si](C)(C)C)(C(=O)O)C(c2ccccc2)=N1. The quantitative estimate of drug-likeness (QED) is 0.452. The summed E-state index contributed by atoms with van der Waals surface area (Å²) < 4.78 is 0. The van der Waals surface area contributed by atoms with Crippen molar-refractivity contribution in [3.05, 3.63) is 83.1 Å². The van der Waals surface area contributed by atoms with Crippen LogP contribution in [0.2, 0.25) is 25.7 Å². The van der Waals surface area contributed by atoms with Crippen LogP contribution in [0.4, 0.5) is 0 Å². The first-order valence-corrected chi connectivity index (χ1v) is 14.7. The highest BCUT2D eigenvalue weighted by Crippen LogP contribution is 2.47. The maximum atomic E-state index is 13.1. The van der Waals surface area contributed by atoms with E-state index in [9.17, 15) is 19.8 Å². The maximum absolute atomic E-state index is 13.1. The maximum Gasteiger partial charge on any atom is 0.334 e. The molecule has 33 heavy (non-hydrogen) atoms. The average Bonchev–Trinajstić information content (AvgIpc) is 2.76. The number of carboxylic acid groups (broad SMARTS) is 2. The molecular weight excluding hydrogens is 430 g/mol. The zero-order valence-electron chi connectivity index (χ0n) is 19.4. The number of allylic oxidation sites excluding steroid dienone is 1.